The smallest absolute Gasteiger partial charge is 0.255 e. The highest BCUT2D eigenvalue weighted by Crippen LogP contribution is 2.26. The van der Waals surface area contributed by atoms with Crippen LogP contribution in [0.25, 0.3) is 11.3 Å². The highest BCUT2D eigenvalue weighted by atomic mass is 16.5. The molecule has 0 radical (unpaired) electrons. The summed E-state index contributed by atoms with van der Waals surface area (Å²) in [6.45, 7) is 1.48. The molecule has 1 aromatic heterocycles. The molecule has 140 valence electrons. The quantitative estimate of drug-likeness (QED) is 0.623. The summed E-state index contributed by atoms with van der Waals surface area (Å²) >= 11 is 0. The molecule has 0 spiro atoms. The van der Waals surface area contributed by atoms with Gasteiger partial charge in [0.1, 0.15) is 11.4 Å². The van der Waals surface area contributed by atoms with Crippen molar-refractivity contribution < 1.29 is 14.3 Å². The van der Waals surface area contributed by atoms with Gasteiger partial charge in [-0.2, -0.15) is 5.10 Å². The van der Waals surface area contributed by atoms with E-state index in [9.17, 15) is 4.79 Å². The van der Waals surface area contributed by atoms with E-state index >= 15 is 0 Å². The zero-order valence-electron chi connectivity index (χ0n) is 15.5. The van der Waals surface area contributed by atoms with Gasteiger partial charge in [-0.3, -0.25) is 9.48 Å². The van der Waals surface area contributed by atoms with Gasteiger partial charge in [0.2, 0.25) is 0 Å². The SMILES string of the molecule is COCCNC(=O)c1cn(Cc2ccccc2)nc1-c1cccc(OC)c1. The summed E-state index contributed by atoms with van der Waals surface area (Å²) in [7, 11) is 3.22. The number of nitrogens with one attached hydrogen (secondary N) is 1. The van der Waals surface area contributed by atoms with Crippen LogP contribution in [0.5, 0.6) is 5.75 Å². The molecule has 2 aromatic carbocycles. The first-order valence-corrected chi connectivity index (χ1v) is 8.74. The minimum Gasteiger partial charge on any atom is -0.497 e. The second-order valence-corrected chi connectivity index (χ2v) is 6.06. The second kappa shape index (κ2) is 9.00. The number of aromatic nitrogens is 2. The maximum atomic E-state index is 12.7. The van der Waals surface area contributed by atoms with Gasteiger partial charge in [0.15, 0.2) is 0 Å². The van der Waals surface area contributed by atoms with Crippen LogP contribution in [0.3, 0.4) is 0 Å². The average Bonchev–Trinajstić information content (AvgIpc) is 3.13. The number of carbonyl (C=O) groups excluding carboxylic acids is 1. The van der Waals surface area contributed by atoms with E-state index in [0.29, 0.717) is 31.0 Å². The molecule has 0 fully saturated rings. The molecule has 0 bridgehead atoms. The standard InChI is InChI=1S/C21H23N3O3/c1-26-12-11-22-21(25)19-15-24(14-16-7-4-3-5-8-16)23-20(19)17-9-6-10-18(13-17)27-2/h3-10,13,15H,11-12,14H2,1-2H3,(H,22,25). The lowest BCUT2D eigenvalue weighted by Gasteiger charge is -2.06. The van der Waals surface area contributed by atoms with Gasteiger partial charge in [0.05, 0.1) is 25.8 Å². The van der Waals surface area contributed by atoms with Gasteiger partial charge in [-0.05, 0) is 17.7 Å². The van der Waals surface area contributed by atoms with Gasteiger partial charge in [0.25, 0.3) is 5.91 Å². The molecule has 0 saturated heterocycles. The van der Waals surface area contributed by atoms with Crippen molar-refractivity contribution >= 4 is 5.91 Å². The zero-order chi connectivity index (χ0) is 19.1. The fourth-order valence-electron chi connectivity index (χ4n) is 2.78. The lowest BCUT2D eigenvalue weighted by molar-refractivity contribution is 0.0937. The van der Waals surface area contributed by atoms with Gasteiger partial charge in [-0.1, -0.05) is 42.5 Å². The van der Waals surface area contributed by atoms with Crippen LogP contribution in [0.1, 0.15) is 15.9 Å². The number of methoxy groups -OCH3 is 2. The minimum absolute atomic E-state index is 0.177. The summed E-state index contributed by atoms with van der Waals surface area (Å²) in [5.41, 5.74) is 3.09. The van der Waals surface area contributed by atoms with Crippen molar-refractivity contribution in [2.45, 2.75) is 6.54 Å². The Bertz CT molecular complexity index is 891. The van der Waals surface area contributed by atoms with Crippen molar-refractivity contribution in [3.8, 4) is 17.0 Å². The first kappa shape index (κ1) is 18.7. The molecule has 3 rings (SSSR count). The number of rotatable bonds is 8. The second-order valence-electron chi connectivity index (χ2n) is 6.06. The Hall–Kier alpha value is -3.12. The molecule has 1 heterocycles. The summed E-state index contributed by atoms with van der Waals surface area (Å²) in [5, 5.41) is 7.54. The molecular formula is C21H23N3O3. The molecular weight excluding hydrogens is 342 g/mol. The predicted molar refractivity (Wildman–Crippen MR) is 104 cm³/mol. The maximum absolute atomic E-state index is 12.7. The van der Waals surface area contributed by atoms with Crippen molar-refractivity contribution in [3.63, 3.8) is 0 Å². The Morgan fingerprint density at radius 1 is 1.11 bits per heavy atom. The van der Waals surface area contributed by atoms with Crippen LogP contribution in [0, 0.1) is 0 Å². The number of benzene rings is 2. The van der Waals surface area contributed by atoms with Crippen molar-refractivity contribution in [1.29, 1.82) is 0 Å². The molecule has 0 aliphatic heterocycles. The monoisotopic (exact) mass is 365 g/mol. The van der Waals surface area contributed by atoms with Crippen molar-refractivity contribution in [1.82, 2.24) is 15.1 Å². The Morgan fingerprint density at radius 2 is 1.93 bits per heavy atom. The number of hydrogen-bond donors (Lipinski definition) is 1. The lowest BCUT2D eigenvalue weighted by Crippen LogP contribution is -2.27. The fraction of sp³-hybridized carbons (Fsp3) is 0.238. The van der Waals surface area contributed by atoms with E-state index in [4.69, 9.17) is 9.47 Å². The van der Waals surface area contributed by atoms with E-state index in [0.717, 1.165) is 16.9 Å². The highest BCUT2D eigenvalue weighted by Gasteiger charge is 2.18. The maximum Gasteiger partial charge on any atom is 0.255 e. The van der Waals surface area contributed by atoms with Crippen molar-refractivity contribution in [2.75, 3.05) is 27.4 Å². The Balaban J connectivity index is 1.94. The van der Waals surface area contributed by atoms with Crippen LogP contribution in [-0.4, -0.2) is 43.1 Å². The summed E-state index contributed by atoms with van der Waals surface area (Å²) in [6.07, 6.45) is 1.78. The van der Waals surface area contributed by atoms with Gasteiger partial charge in [-0.15, -0.1) is 0 Å². The Labute approximate surface area is 158 Å². The van der Waals surface area contributed by atoms with Crippen LogP contribution in [-0.2, 0) is 11.3 Å². The van der Waals surface area contributed by atoms with Crippen LogP contribution in [0.15, 0.2) is 60.8 Å². The van der Waals surface area contributed by atoms with Crippen molar-refractivity contribution in [3.05, 3.63) is 71.9 Å². The molecule has 0 aliphatic rings. The summed E-state index contributed by atoms with van der Waals surface area (Å²) < 4.78 is 12.1. The van der Waals surface area contributed by atoms with E-state index in [-0.39, 0.29) is 5.91 Å². The third-order valence-electron chi connectivity index (χ3n) is 4.13. The summed E-state index contributed by atoms with van der Waals surface area (Å²) in [4.78, 5) is 12.7. The number of nitrogens with zero attached hydrogens (tertiary/aromatic N) is 2. The first-order valence-electron chi connectivity index (χ1n) is 8.74. The molecule has 1 N–H and O–H groups in total. The van der Waals surface area contributed by atoms with Gasteiger partial charge < -0.3 is 14.8 Å². The number of amides is 1. The van der Waals surface area contributed by atoms with Crippen LogP contribution in [0.4, 0.5) is 0 Å². The largest absolute Gasteiger partial charge is 0.497 e. The van der Waals surface area contributed by atoms with Gasteiger partial charge in [0, 0.05) is 25.4 Å². The van der Waals surface area contributed by atoms with E-state index in [1.54, 1.807) is 25.1 Å². The van der Waals surface area contributed by atoms with E-state index in [2.05, 4.69) is 10.4 Å². The molecule has 0 unspecified atom stereocenters. The molecule has 1 amide bonds. The lowest BCUT2D eigenvalue weighted by atomic mass is 10.1. The number of ether oxygens (including phenoxy) is 2. The number of hydrogen-bond acceptors (Lipinski definition) is 4. The molecule has 3 aromatic rings. The van der Waals surface area contributed by atoms with E-state index in [1.165, 1.54) is 0 Å². The number of carbonyl (C=O) groups is 1. The predicted octanol–water partition coefficient (Wildman–Crippen LogP) is 2.98. The normalized spacial score (nSPS) is 10.6. The molecule has 6 nitrogen and oxygen atoms in total. The van der Waals surface area contributed by atoms with Gasteiger partial charge in [-0.25, -0.2) is 0 Å². The van der Waals surface area contributed by atoms with Crippen molar-refractivity contribution in [2.24, 2.45) is 0 Å². The highest BCUT2D eigenvalue weighted by molar-refractivity contribution is 5.99. The summed E-state index contributed by atoms with van der Waals surface area (Å²) in [6, 6.07) is 17.6. The molecule has 6 heteroatoms. The topological polar surface area (TPSA) is 65.4 Å². The van der Waals surface area contributed by atoms with Gasteiger partial charge >= 0.3 is 0 Å². The molecule has 0 atom stereocenters. The van der Waals surface area contributed by atoms with E-state index in [1.807, 2.05) is 54.6 Å². The average molecular weight is 365 g/mol. The summed E-state index contributed by atoms with van der Waals surface area (Å²) in [5.74, 6) is 0.542. The Morgan fingerprint density at radius 3 is 2.67 bits per heavy atom. The third kappa shape index (κ3) is 4.74. The minimum atomic E-state index is -0.177. The molecule has 0 saturated carbocycles. The van der Waals surface area contributed by atoms with Crippen LogP contribution >= 0.6 is 0 Å². The van der Waals surface area contributed by atoms with E-state index < -0.39 is 0 Å². The van der Waals surface area contributed by atoms with Crippen LogP contribution in [0.2, 0.25) is 0 Å². The van der Waals surface area contributed by atoms with Crippen LogP contribution < -0.4 is 10.1 Å². The Kier molecular flexibility index (Phi) is 6.22. The fourth-order valence-corrected chi connectivity index (χ4v) is 2.78. The first-order chi connectivity index (χ1) is 13.2. The zero-order valence-corrected chi connectivity index (χ0v) is 15.5. The molecule has 27 heavy (non-hydrogen) atoms. The molecule has 0 aliphatic carbocycles. The third-order valence-corrected chi connectivity index (χ3v) is 4.13.